The zero-order valence-electron chi connectivity index (χ0n) is 14.7. The standard InChI is InChI=1S/C18H20ClN5O/c1-11-16(10-23(4)21-11)18(25)20-17-12(2)22-24(13(17)3)9-14-6-5-7-15(19)8-14/h5-8,10H,9H2,1-4H3,(H,20,25). The Balaban J connectivity index is 1.84. The molecule has 0 fully saturated rings. The molecular weight excluding hydrogens is 338 g/mol. The number of hydrogen-bond acceptors (Lipinski definition) is 3. The van der Waals surface area contributed by atoms with Gasteiger partial charge in [0.05, 0.1) is 34.9 Å². The zero-order chi connectivity index (χ0) is 18.1. The molecular formula is C18H20ClN5O. The second kappa shape index (κ2) is 6.72. The van der Waals surface area contributed by atoms with E-state index in [0.717, 1.165) is 22.6 Å². The second-order valence-corrected chi connectivity index (χ2v) is 6.53. The SMILES string of the molecule is Cc1nn(C)cc1C(=O)Nc1c(C)nn(Cc2cccc(Cl)c2)c1C. The molecule has 0 radical (unpaired) electrons. The number of rotatable bonds is 4. The van der Waals surface area contributed by atoms with E-state index in [9.17, 15) is 4.79 Å². The highest BCUT2D eigenvalue weighted by Gasteiger charge is 2.18. The van der Waals surface area contributed by atoms with Crippen LogP contribution in [0.5, 0.6) is 0 Å². The van der Waals surface area contributed by atoms with Gasteiger partial charge in [0.25, 0.3) is 5.91 Å². The Kier molecular flexibility index (Phi) is 4.63. The number of carbonyl (C=O) groups excluding carboxylic acids is 1. The first kappa shape index (κ1) is 17.2. The van der Waals surface area contributed by atoms with E-state index in [1.165, 1.54) is 0 Å². The summed E-state index contributed by atoms with van der Waals surface area (Å²) in [5, 5.41) is 12.4. The number of hydrogen-bond donors (Lipinski definition) is 1. The average molecular weight is 358 g/mol. The van der Waals surface area contributed by atoms with Crippen molar-refractivity contribution < 1.29 is 4.79 Å². The van der Waals surface area contributed by atoms with E-state index < -0.39 is 0 Å². The van der Waals surface area contributed by atoms with Crippen molar-refractivity contribution in [3.63, 3.8) is 0 Å². The fourth-order valence-corrected chi connectivity index (χ4v) is 3.06. The lowest BCUT2D eigenvalue weighted by Crippen LogP contribution is -2.14. The first-order chi connectivity index (χ1) is 11.8. The van der Waals surface area contributed by atoms with E-state index in [4.69, 9.17) is 11.6 Å². The fourth-order valence-electron chi connectivity index (χ4n) is 2.84. The summed E-state index contributed by atoms with van der Waals surface area (Å²) in [6.45, 7) is 6.23. The van der Waals surface area contributed by atoms with Crippen molar-refractivity contribution in [2.75, 3.05) is 5.32 Å². The summed E-state index contributed by atoms with van der Waals surface area (Å²) in [5.74, 6) is -0.181. The van der Waals surface area contributed by atoms with Crippen molar-refractivity contribution in [2.45, 2.75) is 27.3 Å². The molecule has 130 valence electrons. The molecule has 0 saturated carbocycles. The lowest BCUT2D eigenvalue weighted by atomic mass is 10.2. The molecule has 7 heteroatoms. The van der Waals surface area contributed by atoms with Crippen LogP contribution in [0.1, 0.15) is 33.0 Å². The van der Waals surface area contributed by atoms with Gasteiger partial charge < -0.3 is 5.32 Å². The molecule has 1 N–H and O–H groups in total. The molecule has 0 aliphatic rings. The normalized spacial score (nSPS) is 10.9. The molecule has 0 saturated heterocycles. The summed E-state index contributed by atoms with van der Waals surface area (Å²) < 4.78 is 3.50. The minimum atomic E-state index is -0.181. The van der Waals surface area contributed by atoms with Gasteiger partial charge in [0.1, 0.15) is 0 Å². The lowest BCUT2D eigenvalue weighted by Gasteiger charge is -2.07. The molecule has 3 rings (SSSR count). The highest BCUT2D eigenvalue weighted by atomic mass is 35.5. The molecule has 0 aliphatic heterocycles. The van der Waals surface area contributed by atoms with Gasteiger partial charge in [0.15, 0.2) is 0 Å². The maximum atomic E-state index is 12.5. The maximum Gasteiger partial charge on any atom is 0.259 e. The van der Waals surface area contributed by atoms with Crippen LogP contribution in [0.4, 0.5) is 5.69 Å². The van der Waals surface area contributed by atoms with Gasteiger partial charge in [-0.3, -0.25) is 14.2 Å². The smallest absolute Gasteiger partial charge is 0.259 e. The number of anilines is 1. The Morgan fingerprint density at radius 2 is 1.96 bits per heavy atom. The second-order valence-electron chi connectivity index (χ2n) is 6.09. The van der Waals surface area contributed by atoms with Gasteiger partial charge in [-0.25, -0.2) is 0 Å². The summed E-state index contributed by atoms with van der Waals surface area (Å²) in [6.07, 6.45) is 1.71. The number of halogens is 1. The Labute approximate surface area is 151 Å². The predicted molar refractivity (Wildman–Crippen MR) is 98.2 cm³/mol. The van der Waals surface area contributed by atoms with Crippen LogP contribution in [-0.2, 0) is 13.6 Å². The minimum absolute atomic E-state index is 0.181. The largest absolute Gasteiger partial charge is 0.319 e. The third-order valence-corrected chi connectivity index (χ3v) is 4.33. The van der Waals surface area contributed by atoms with Crippen LogP contribution in [0.25, 0.3) is 0 Å². The molecule has 1 aromatic carbocycles. The van der Waals surface area contributed by atoms with E-state index in [1.807, 2.05) is 49.7 Å². The van der Waals surface area contributed by atoms with Gasteiger partial charge in [-0.2, -0.15) is 10.2 Å². The molecule has 2 aromatic heterocycles. The van der Waals surface area contributed by atoms with Crippen LogP contribution >= 0.6 is 11.6 Å². The van der Waals surface area contributed by atoms with Crippen molar-refractivity contribution in [3.8, 4) is 0 Å². The Hall–Kier alpha value is -2.60. The monoisotopic (exact) mass is 357 g/mol. The van der Waals surface area contributed by atoms with Gasteiger partial charge in [-0.05, 0) is 38.5 Å². The number of aromatic nitrogens is 4. The zero-order valence-corrected chi connectivity index (χ0v) is 15.4. The summed E-state index contributed by atoms with van der Waals surface area (Å²) in [6, 6.07) is 7.67. The average Bonchev–Trinajstić information content (AvgIpc) is 3.01. The van der Waals surface area contributed by atoms with Gasteiger partial charge in [-0.15, -0.1) is 0 Å². The first-order valence-electron chi connectivity index (χ1n) is 7.95. The molecule has 3 aromatic rings. The quantitative estimate of drug-likeness (QED) is 0.777. The van der Waals surface area contributed by atoms with Crippen LogP contribution in [0.2, 0.25) is 5.02 Å². The molecule has 2 heterocycles. The highest BCUT2D eigenvalue weighted by Crippen LogP contribution is 2.22. The third-order valence-electron chi connectivity index (χ3n) is 4.10. The molecule has 0 bridgehead atoms. The minimum Gasteiger partial charge on any atom is -0.319 e. The molecule has 6 nitrogen and oxygen atoms in total. The Morgan fingerprint density at radius 3 is 2.60 bits per heavy atom. The number of benzene rings is 1. The molecule has 0 spiro atoms. The van der Waals surface area contributed by atoms with Crippen molar-refractivity contribution in [3.05, 3.63) is 63.7 Å². The molecule has 0 aliphatic carbocycles. The van der Waals surface area contributed by atoms with Crippen molar-refractivity contribution in [2.24, 2.45) is 7.05 Å². The number of carbonyl (C=O) groups is 1. The van der Waals surface area contributed by atoms with Gasteiger partial charge >= 0.3 is 0 Å². The number of amides is 1. The van der Waals surface area contributed by atoms with Crippen LogP contribution in [-0.4, -0.2) is 25.5 Å². The Bertz CT molecular complexity index is 941. The fraction of sp³-hybridized carbons (Fsp3) is 0.278. The van der Waals surface area contributed by atoms with Gasteiger partial charge in [0, 0.05) is 18.3 Å². The van der Waals surface area contributed by atoms with Crippen LogP contribution in [0.15, 0.2) is 30.5 Å². The van der Waals surface area contributed by atoms with Crippen molar-refractivity contribution in [1.29, 1.82) is 0 Å². The van der Waals surface area contributed by atoms with Gasteiger partial charge in [-0.1, -0.05) is 23.7 Å². The van der Waals surface area contributed by atoms with E-state index in [-0.39, 0.29) is 5.91 Å². The Morgan fingerprint density at radius 1 is 1.20 bits per heavy atom. The summed E-state index contributed by atoms with van der Waals surface area (Å²) in [5.41, 5.74) is 4.71. The van der Waals surface area contributed by atoms with Crippen LogP contribution in [0, 0.1) is 20.8 Å². The first-order valence-corrected chi connectivity index (χ1v) is 8.33. The van der Waals surface area contributed by atoms with E-state index in [1.54, 1.807) is 17.9 Å². The van der Waals surface area contributed by atoms with Gasteiger partial charge in [0.2, 0.25) is 0 Å². The molecule has 25 heavy (non-hydrogen) atoms. The summed E-state index contributed by atoms with van der Waals surface area (Å²) in [7, 11) is 1.79. The third kappa shape index (κ3) is 3.58. The number of nitrogens with zero attached hydrogens (tertiary/aromatic N) is 4. The van der Waals surface area contributed by atoms with Crippen molar-refractivity contribution in [1.82, 2.24) is 19.6 Å². The topological polar surface area (TPSA) is 64.7 Å². The molecule has 0 unspecified atom stereocenters. The number of nitrogens with one attached hydrogen (secondary N) is 1. The van der Waals surface area contributed by atoms with Crippen LogP contribution in [0.3, 0.4) is 0 Å². The lowest BCUT2D eigenvalue weighted by molar-refractivity contribution is 0.102. The maximum absolute atomic E-state index is 12.5. The van der Waals surface area contributed by atoms with E-state index >= 15 is 0 Å². The summed E-state index contributed by atoms with van der Waals surface area (Å²) >= 11 is 6.05. The summed E-state index contributed by atoms with van der Waals surface area (Å²) in [4.78, 5) is 12.5. The van der Waals surface area contributed by atoms with Crippen LogP contribution < -0.4 is 5.32 Å². The van der Waals surface area contributed by atoms with Crippen molar-refractivity contribution >= 4 is 23.2 Å². The molecule has 1 amide bonds. The molecule has 0 atom stereocenters. The number of aryl methyl sites for hydroxylation is 3. The van der Waals surface area contributed by atoms with E-state index in [2.05, 4.69) is 15.5 Å². The highest BCUT2D eigenvalue weighted by molar-refractivity contribution is 6.30. The van der Waals surface area contributed by atoms with E-state index in [0.29, 0.717) is 22.8 Å². The predicted octanol–water partition coefficient (Wildman–Crippen LogP) is 3.50.